The zero-order chi connectivity index (χ0) is 13.1. The van der Waals surface area contributed by atoms with Gasteiger partial charge in [0.15, 0.2) is 5.16 Å². The number of nitrogens with one attached hydrogen (secondary N) is 1. The van der Waals surface area contributed by atoms with E-state index in [4.69, 9.17) is 11.6 Å². The van der Waals surface area contributed by atoms with E-state index in [0.717, 1.165) is 21.6 Å². The Morgan fingerprint density at radius 2 is 2.00 bits per heavy atom. The first-order chi connectivity index (χ1) is 9.33. The largest absolute Gasteiger partial charge is 0.310 e. The predicted molar refractivity (Wildman–Crippen MR) is 77.5 cm³/mol. The van der Waals surface area contributed by atoms with Crippen molar-refractivity contribution in [2.45, 2.75) is 35.5 Å². The molecule has 3 rings (SSSR count). The molecule has 1 aromatic heterocycles. The van der Waals surface area contributed by atoms with Crippen molar-refractivity contribution in [3.63, 3.8) is 0 Å². The van der Waals surface area contributed by atoms with Gasteiger partial charge in [-0.1, -0.05) is 23.7 Å². The lowest BCUT2D eigenvalue weighted by atomic mass is 10.2. The van der Waals surface area contributed by atoms with E-state index in [1.54, 1.807) is 12.4 Å². The van der Waals surface area contributed by atoms with Gasteiger partial charge in [-0.3, -0.25) is 0 Å². The maximum Gasteiger partial charge on any atom is 0.192 e. The van der Waals surface area contributed by atoms with Gasteiger partial charge in [0.1, 0.15) is 0 Å². The lowest BCUT2D eigenvalue weighted by Gasteiger charge is -2.10. The van der Waals surface area contributed by atoms with Crippen LogP contribution in [0.2, 0.25) is 5.02 Å². The molecule has 0 unspecified atom stereocenters. The second-order valence-electron chi connectivity index (χ2n) is 4.52. The van der Waals surface area contributed by atoms with Gasteiger partial charge in [-0.05, 0) is 42.3 Å². The summed E-state index contributed by atoms with van der Waals surface area (Å²) in [4.78, 5) is 9.52. The van der Waals surface area contributed by atoms with E-state index in [1.807, 2.05) is 18.2 Å². The van der Waals surface area contributed by atoms with E-state index in [-0.39, 0.29) is 0 Å². The van der Waals surface area contributed by atoms with Gasteiger partial charge in [-0.15, -0.1) is 0 Å². The third-order valence-corrected chi connectivity index (χ3v) is 4.45. The molecule has 5 heteroatoms. The number of halogens is 1. The fourth-order valence-corrected chi connectivity index (χ4v) is 2.93. The Labute approximate surface area is 121 Å². The molecule has 0 amide bonds. The summed E-state index contributed by atoms with van der Waals surface area (Å²) in [5.41, 5.74) is 1.21. The molecule has 0 bridgehead atoms. The van der Waals surface area contributed by atoms with Crippen LogP contribution in [-0.4, -0.2) is 16.0 Å². The summed E-state index contributed by atoms with van der Waals surface area (Å²) in [6, 6.07) is 8.50. The molecule has 19 heavy (non-hydrogen) atoms. The highest BCUT2D eigenvalue weighted by Gasteiger charge is 2.21. The minimum absolute atomic E-state index is 0.685. The van der Waals surface area contributed by atoms with Crippen molar-refractivity contribution in [2.24, 2.45) is 0 Å². The van der Waals surface area contributed by atoms with E-state index < -0.39 is 0 Å². The third kappa shape index (κ3) is 3.47. The SMILES string of the molecule is Clc1cccc(CNC2CC2)c1Sc1ncccn1. The fourth-order valence-electron chi connectivity index (χ4n) is 1.78. The highest BCUT2D eigenvalue weighted by Crippen LogP contribution is 2.34. The Morgan fingerprint density at radius 3 is 2.74 bits per heavy atom. The van der Waals surface area contributed by atoms with Crippen molar-refractivity contribution in [1.29, 1.82) is 0 Å². The fraction of sp³-hybridized carbons (Fsp3) is 0.286. The van der Waals surface area contributed by atoms with E-state index in [1.165, 1.54) is 30.2 Å². The highest BCUT2D eigenvalue weighted by molar-refractivity contribution is 7.99. The van der Waals surface area contributed by atoms with Gasteiger partial charge in [0, 0.05) is 29.9 Å². The van der Waals surface area contributed by atoms with Crippen LogP contribution >= 0.6 is 23.4 Å². The van der Waals surface area contributed by atoms with Gasteiger partial charge in [0.25, 0.3) is 0 Å². The Morgan fingerprint density at radius 1 is 1.21 bits per heavy atom. The van der Waals surface area contributed by atoms with Crippen LogP contribution in [-0.2, 0) is 6.54 Å². The Bertz CT molecular complexity index is 558. The summed E-state index contributed by atoms with van der Waals surface area (Å²) in [5, 5.41) is 5.00. The van der Waals surface area contributed by atoms with Gasteiger partial charge < -0.3 is 5.32 Å². The van der Waals surface area contributed by atoms with Crippen LogP contribution in [0, 0.1) is 0 Å². The molecule has 1 heterocycles. The smallest absolute Gasteiger partial charge is 0.192 e. The quantitative estimate of drug-likeness (QED) is 0.855. The number of rotatable bonds is 5. The minimum Gasteiger partial charge on any atom is -0.310 e. The zero-order valence-electron chi connectivity index (χ0n) is 10.3. The first kappa shape index (κ1) is 12.9. The average molecular weight is 292 g/mol. The van der Waals surface area contributed by atoms with Gasteiger partial charge in [0.05, 0.1) is 5.02 Å². The highest BCUT2D eigenvalue weighted by atomic mass is 35.5. The standard InChI is InChI=1S/C14H14ClN3S/c15-12-4-1-3-10(9-18-11-5-6-11)13(12)19-14-16-7-2-8-17-14/h1-4,7-8,11,18H,5-6,9H2. The number of aromatic nitrogens is 2. The first-order valence-electron chi connectivity index (χ1n) is 6.28. The topological polar surface area (TPSA) is 37.8 Å². The van der Waals surface area contributed by atoms with E-state index in [9.17, 15) is 0 Å². The molecular formula is C14H14ClN3S. The average Bonchev–Trinajstić information content (AvgIpc) is 3.25. The molecule has 0 radical (unpaired) electrons. The van der Waals surface area contributed by atoms with Crippen LogP contribution in [0.15, 0.2) is 46.7 Å². The summed E-state index contributed by atoms with van der Waals surface area (Å²) in [7, 11) is 0. The van der Waals surface area contributed by atoms with E-state index in [2.05, 4.69) is 21.4 Å². The van der Waals surface area contributed by atoms with Crippen LogP contribution in [0.25, 0.3) is 0 Å². The summed E-state index contributed by atoms with van der Waals surface area (Å²) in [6.45, 7) is 0.848. The minimum atomic E-state index is 0.685. The van der Waals surface area contributed by atoms with Crippen LogP contribution in [0.3, 0.4) is 0 Å². The van der Waals surface area contributed by atoms with E-state index in [0.29, 0.717) is 6.04 Å². The monoisotopic (exact) mass is 291 g/mol. The number of hydrogen-bond donors (Lipinski definition) is 1. The summed E-state index contributed by atoms with van der Waals surface area (Å²) < 4.78 is 0. The molecule has 2 aromatic rings. The molecule has 1 aromatic carbocycles. The van der Waals surface area contributed by atoms with Gasteiger partial charge in [0.2, 0.25) is 0 Å². The molecule has 1 aliphatic rings. The second kappa shape index (κ2) is 5.90. The molecule has 0 saturated heterocycles. The molecule has 0 atom stereocenters. The Hall–Kier alpha value is -1.10. The summed E-state index contributed by atoms with van der Waals surface area (Å²) >= 11 is 7.82. The van der Waals surface area contributed by atoms with Crippen molar-refractivity contribution in [3.05, 3.63) is 47.2 Å². The molecule has 0 aliphatic heterocycles. The van der Waals surface area contributed by atoms with Crippen LogP contribution < -0.4 is 5.32 Å². The molecule has 98 valence electrons. The Kier molecular flexibility index (Phi) is 4.01. The van der Waals surface area contributed by atoms with Crippen molar-refractivity contribution in [2.75, 3.05) is 0 Å². The Balaban J connectivity index is 1.81. The van der Waals surface area contributed by atoms with Gasteiger partial charge in [-0.2, -0.15) is 0 Å². The van der Waals surface area contributed by atoms with Gasteiger partial charge >= 0.3 is 0 Å². The third-order valence-electron chi connectivity index (χ3n) is 2.94. The lowest BCUT2D eigenvalue weighted by molar-refractivity contribution is 0.680. The van der Waals surface area contributed by atoms with Crippen LogP contribution in [0.4, 0.5) is 0 Å². The second-order valence-corrected chi connectivity index (χ2v) is 5.90. The molecule has 1 fully saturated rings. The lowest BCUT2D eigenvalue weighted by Crippen LogP contribution is -2.15. The van der Waals surface area contributed by atoms with Crippen molar-refractivity contribution < 1.29 is 0 Å². The molecule has 1 aliphatic carbocycles. The van der Waals surface area contributed by atoms with Crippen LogP contribution in [0.5, 0.6) is 0 Å². The molecule has 3 nitrogen and oxygen atoms in total. The van der Waals surface area contributed by atoms with Crippen molar-refractivity contribution in [1.82, 2.24) is 15.3 Å². The van der Waals surface area contributed by atoms with E-state index >= 15 is 0 Å². The van der Waals surface area contributed by atoms with Crippen LogP contribution in [0.1, 0.15) is 18.4 Å². The zero-order valence-corrected chi connectivity index (χ0v) is 11.9. The molecular weight excluding hydrogens is 278 g/mol. The maximum absolute atomic E-state index is 6.31. The predicted octanol–water partition coefficient (Wildman–Crippen LogP) is 3.53. The maximum atomic E-state index is 6.31. The normalized spacial score (nSPS) is 14.6. The van der Waals surface area contributed by atoms with Gasteiger partial charge in [-0.25, -0.2) is 9.97 Å². The number of nitrogens with zero attached hydrogens (tertiary/aromatic N) is 2. The summed E-state index contributed by atoms with van der Waals surface area (Å²) in [5.74, 6) is 0. The number of benzene rings is 1. The first-order valence-corrected chi connectivity index (χ1v) is 7.48. The van der Waals surface area contributed by atoms with Crippen molar-refractivity contribution in [3.8, 4) is 0 Å². The molecule has 1 saturated carbocycles. The van der Waals surface area contributed by atoms with Crippen molar-refractivity contribution >= 4 is 23.4 Å². The summed E-state index contributed by atoms with van der Waals surface area (Å²) in [6.07, 6.45) is 6.05. The molecule has 1 N–H and O–H groups in total. The number of hydrogen-bond acceptors (Lipinski definition) is 4. The molecule has 0 spiro atoms.